The molecule has 3 heteroatoms. The predicted octanol–water partition coefficient (Wildman–Crippen LogP) is 2.01. The summed E-state index contributed by atoms with van der Waals surface area (Å²) in [4.78, 5) is 0. The van der Waals surface area contributed by atoms with Crippen LogP contribution in [0.15, 0.2) is 24.3 Å². The minimum atomic E-state index is -0.0928. The summed E-state index contributed by atoms with van der Waals surface area (Å²) in [5.41, 5.74) is 1.16. The molecule has 3 nitrogen and oxygen atoms in total. The van der Waals surface area contributed by atoms with E-state index in [1.54, 1.807) is 0 Å². The number of benzene rings is 1. The molecule has 0 amide bonds. The molecule has 78 valence electrons. The first-order chi connectivity index (χ1) is 7.35. The van der Waals surface area contributed by atoms with E-state index >= 15 is 0 Å². The summed E-state index contributed by atoms with van der Waals surface area (Å²) in [6.45, 7) is 2.63. The molecule has 0 saturated heterocycles. The van der Waals surface area contributed by atoms with Gasteiger partial charge in [0.05, 0.1) is 18.2 Å². The Labute approximate surface area is 89.7 Å². The van der Waals surface area contributed by atoms with Crippen molar-refractivity contribution in [3.05, 3.63) is 29.8 Å². The van der Waals surface area contributed by atoms with Gasteiger partial charge >= 0.3 is 0 Å². The summed E-state index contributed by atoms with van der Waals surface area (Å²) >= 11 is 0. The largest absolute Gasteiger partial charge is 0.491 e. The first-order valence-corrected chi connectivity index (χ1v) is 5.22. The third kappa shape index (κ3) is 1.95. The Bertz CT molecular complexity index is 383. The normalized spacial score (nSPS) is 20.1. The minimum Gasteiger partial charge on any atom is -0.491 e. The van der Waals surface area contributed by atoms with Gasteiger partial charge in [0.2, 0.25) is 0 Å². The molecule has 0 saturated carbocycles. The lowest BCUT2D eigenvalue weighted by molar-refractivity contribution is 0.304. The lowest BCUT2D eigenvalue weighted by atomic mass is 10.1. The van der Waals surface area contributed by atoms with Crippen LogP contribution in [0.2, 0.25) is 0 Å². The third-order valence-corrected chi connectivity index (χ3v) is 2.67. The average Bonchev–Trinajstić information content (AvgIpc) is 2.69. The molecule has 0 aromatic heterocycles. The van der Waals surface area contributed by atoms with Gasteiger partial charge in [-0.1, -0.05) is 25.1 Å². The molecule has 1 aliphatic rings. The molecule has 0 aliphatic carbocycles. The highest BCUT2D eigenvalue weighted by Gasteiger charge is 2.24. The van der Waals surface area contributed by atoms with Crippen LogP contribution in [0.4, 0.5) is 0 Å². The number of para-hydroxylation sites is 1. The number of nitriles is 1. The number of nitrogens with zero attached hydrogens (tertiary/aromatic N) is 1. The lowest BCUT2D eigenvalue weighted by Crippen LogP contribution is -2.32. The van der Waals surface area contributed by atoms with Crippen LogP contribution in [0, 0.1) is 11.3 Å². The van der Waals surface area contributed by atoms with Crippen molar-refractivity contribution in [1.29, 1.82) is 5.26 Å². The fourth-order valence-electron chi connectivity index (χ4n) is 1.79. The average molecular weight is 202 g/mol. The smallest absolute Gasteiger partial charge is 0.124 e. The molecule has 0 fully saturated rings. The summed E-state index contributed by atoms with van der Waals surface area (Å²) in [5.74, 6) is 0.933. The maximum Gasteiger partial charge on any atom is 0.124 e. The Morgan fingerprint density at radius 3 is 3.13 bits per heavy atom. The number of hydrogen-bond donors (Lipinski definition) is 1. The van der Waals surface area contributed by atoms with Crippen LogP contribution in [0.1, 0.15) is 24.9 Å². The van der Waals surface area contributed by atoms with Gasteiger partial charge in [-0.25, -0.2) is 0 Å². The molecule has 2 atom stereocenters. The van der Waals surface area contributed by atoms with E-state index in [1.165, 1.54) is 0 Å². The fourth-order valence-corrected chi connectivity index (χ4v) is 1.79. The molecule has 0 radical (unpaired) electrons. The van der Waals surface area contributed by atoms with Gasteiger partial charge in [0.1, 0.15) is 12.4 Å². The molecule has 1 N–H and O–H groups in total. The molecule has 2 unspecified atom stereocenters. The second kappa shape index (κ2) is 4.33. The molecule has 15 heavy (non-hydrogen) atoms. The molecule has 2 rings (SSSR count). The number of ether oxygens (including phenoxy) is 1. The number of nitrogens with one attached hydrogen (secondary N) is 1. The van der Waals surface area contributed by atoms with Crippen LogP contribution in [-0.4, -0.2) is 12.6 Å². The lowest BCUT2D eigenvalue weighted by Gasteiger charge is -2.14. The van der Waals surface area contributed by atoms with E-state index < -0.39 is 0 Å². The number of rotatable bonds is 3. The van der Waals surface area contributed by atoms with Crippen LogP contribution in [-0.2, 0) is 0 Å². The Balaban J connectivity index is 2.11. The summed E-state index contributed by atoms with van der Waals surface area (Å²) in [5, 5.41) is 12.2. The van der Waals surface area contributed by atoms with Gasteiger partial charge in [0.25, 0.3) is 0 Å². The monoisotopic (exact) mass is 202 g/mol. The van der Waals surface area contributed by atoms with Crippen LogP contribution >= 0.6 is 0 Å². The SMILES string of the molecule is CCC(C#N)NC1COc2ccccc21. The second-order valence-corrected chi connectivity index (χ2v) is 3.66. The van der Waals surface area contributed by atoms with Gasteiger partial charge in [0, 0.05) is 5.56 Å². The highest BCUT2D eigenvalue weighted by molar-refractivity contribution is 5.39. The topological polar surface area (TPSA) is 45.0 Å². The van der Waals surface area contributed by atoms with Crippen molar-refractivity contribution in [3.63, 3.8) is 0 Å². The summed E-state index contributed by atoms with van der Waals surface area (Å²) in [6, 6.07) is 10.3. The molecule has 1 heterocycles. The van der Waals surface area contributed by atoms with Crippen molar-refractivity contribution in [2.75, 3.05) is 6.61 Å². The zero-order chi connectivity index (χ0) is 10.7. The molecule has 1 aromatic carbocycles. The zero-order valence-corrected chi connectivity index (χ0v) is 8.73. The van der Waals surface area contributed by atoms with Crippen molar-refractivity contribution < 1.29 is 4.74 Å². The summed E-state index contributed by atoms with van der Waals surface area (Å²) < 4.78 is 5.53. The fraction of sp³-hybridized carbons (Fsp3) is 0.417. The van der Waals surface area contributed by atoms with Crippen molar-refractivity contribution in [2.45, 2.75) is 25.4 Å². The maximum absolute atomic E-state index is 8.88. The number of hydrogen-bond acceptors (Lipinski definition) is 3. The van der Waals surface area contributed by atoms with Crippen molar-refractivity contribution in [3.8, 4) is 11.8 Å². The standard InChI is InChI=1S/C12H14N2O/c1-2-9(7-13)14-11-8-15-12-6-4-3-5-10(11)12/h3-6,9,11,14H,2,8H2,1H3. The highest BCUT2D eigenvalue weighted by atomic mass is 16.5. The van der Waals surface area contributed by atoms with Gasteiger partial charge in [-0.05, 0) is 12.5 Å². The van der Waals surface area contributed by atoms with Gasteiger partial charge in [0.15, 0.2) is 0 Å². The van der Waals surface area contributed by atoms with E-state index in [-0.39, 0.29) is 12.1 Å². The Morgan fingerprint density at radius 1 is 1.60 bits per heavy atom. The highest BCUT2D eigenvalue weighted by Crippen LogP contribution is 2.31. The molecular formula is C12H14N2O. The maximum atomic E-state index is 8.88. The van der Waals surface area contributed by atoms with Crippen molar-refractivity contribution in [2.24, 2.45) is 0 Å². The van der Waals surface area contributed by atoms with E-state index in [9.17, 15) is 0 Å². The van der Waals surface area contributed by atoms with Crippen molar-refractivity contribution >= 4 is 0 Å². The van der Waals surface area contributed by atoms with Gasteiger partial charge in [-0.3, -0.25) is 5.32 Å². The van der Waals surface area contributed by atoms with Crippen LogP contribution in [0.25, 0.3) is 0 Å². The van der Waals surface area contributed by atoms with E-state index in [2.05, 4.69) is 11.4 Å². The quantitative estimate of drug-likeness (QED) is 0.815. The third-order valence-electron chi connectivity index (χ3n) is 2.67. The van der Waals surface area contributed by atoms with Gasteiger partial charge in [-0.15, -0.1) is 0 Å². The minimum absolute atomic E-state index is 0.0928. The summed E-state index contributed by atoms with van der Waals surface area (Å²) in [6.07, 6.45) is 0.815. The van der Waals surface area contributed by atoms with Crippen LogP contribution in [0.5, 0.6) is 5.75 Å². The molecule has 1 aromatic rings. The molecule has 0 spiro atoms. The summed E-state index contributed by atoms with van der Waals surface area (Å²) in [7, 11) is 0. The first-order valence-electron chi connectivity index (χ1n) is 5.22. The molecular weight excluding hydrogens is 188 g/mol. The van der Waals surface area contributed by atoms with Gasteiger partial charge < -0.3 is 4.74 Å². The van der Waals surface area contributed by atoms with Gasteiger partial charge in [-0.2, -0.15) is 5.26 Å². The molecule has 1 aliphatic heterocycles. The Kier molecular flexibility index (Phi) is 2.89. The van der Waals surface area contributed by atoms with E-state index in [0.717, 1.165) is 17.7 Å². The van der Waals surface area contributed by atoms with E-state index in [0.29, 0.717) is 6.61 Å². The van der Waals surface area contributed by atoms with Crippen molar-refractivity contribution in [1.82, 2.24) is 5.32 Å². The second-order valence-electron chi connectivity index (χ2n) is 3.66. The zero-order valence-electron chi connectivity index (χ0n) is 8.73. The van der Waals surface area contributed by atoms with E-state index in [1.807, 2.05) is 31.2 Å². The first kappa shape index (κ1) is 10.0. The predicted molar refractivity (Wildman–Crippen MR) is 57.5 cm³/mol. The van der Waals surface area contributed by atoms with Crippen LogP contribution in [0.3, 0.4) is 0 Å². The Hall–Kier alpha value is -1.53. The van der Waals surface area contributed by atoms with E-state index in [4.69, 9.17) is 10.00 Å². The number of fused-ring (bicyclic) bond motifs is 1. The van der Waals surface area contributed by atoms with Crippen LogP contribution < -0.4 is 10.1 Å². The Morgan fingerprint density at radius 2 is 2.40 bits per heavy atom. The molecule has 0 bridgehead atoms.